The van der Waals surface area contributed by atoms with Crippen molar-refractivity contribution in [3.05, 3.63) is 39.2 Å². The highest BCUT2D eigenvalue weighted by molar-refractivity contribution is 7.25. The molecule has 0 saturated carbocycles. The Morgan fingerprint density at radius 2 is 2.21 bits per heavy atom. The lowest BCUT2D eigenvalue weighted by Gasteiger charge is -2.15. The maximum atomic E-state index is 13.2. The number of thiophene rings is 1. The third kappa shape index (κ3) is 3.35. The van der Waals surface area contributed by atoms with Crippen LogP contribution in [-0.4, -0.2) is 38.8 Å². The molecule has 1 saturated heterocycles. The Bertz CT molecular complexity index is 1150. The average Bonchev–Trinajstić information content (AvgIpc) is 3.29. The van der Waals surface area contributed by atoms with Crippen molar-refractivity contribution in [1.82, 2.24) is 19.4 Å². The quantitative estimate of drug-likeness (QED) is 0.697. The highest BCUT2D eigenvalue weighted by Crippen LogP contribution is 2.29. The van der Waals surface area contributed by atoms with Gasteiger partial charge in [-0.3, -0.25) is 18.7 Å². The monoisotopic (exact) mass is 402 g/mol. The minimum atomic E-state index is -0.490. The zero-order valence-electron chi connectivity index (χ0n) is 15.8. The number of carbonyl (C=O) groups excluding carboxylic acids is 1. The lowest BCUT2D eigenvalue weighted by atomic mass is 10.2. The smallest absolute Gasteiger partial charge is 0.332 e. The zero-order valence-corrected chi connectivity index (χ0v) is 16.6. The standard InChI is InChI=1S/C19H22N4O4S/c1-11(2)21-14(24)10-22-15-13-6-3-7-20-17(13)28-16(15)18(25)23(19(22)26)9-12-5-4-8-27-12/h3,6-7,11-12H,4-5,8-10H2,1-2H3,(H,21,24). The third-order valence-corrected chi connectivity index (χ3v) is 5.86. The fraction of sp³-hybridized carbons (Fsp3) is 0.474. The van der Waals surface area contributed by atoms with E-state index in [1.807, 2.05) is 19.9 Å². The summed E-state index contributed by atoms with van der Waals surface area (Å²) in [6.45, 7) is 4.40. The van der Waals surface area contributed by atoms with E-state index in [1.54, 1.807) is 12.3 Å². The van der Waals surface area contributed by atoms with Crippen molar-refractivity contribution in [2.24, 2.45) is 0 Å². The summed E-state index contributed by atoms with van der Waals surface area (Å²) in [5.41, 5.74) is -0.361. The molecule has 0 radical (unpaired) electrons. The summed E-state index contributed by atoms with van der Waals surface area (Å²) in [5, 5.41) is 3.51. The van der Waals surface area contributed by atoms with Crippen LogP contribution in [0.2, 0.25) is 0 Å². The summed E-state index contributed by atoms with van der Waals surface area (Å²) < 4.78 is 8.65. The first-order valence-corrected chi connectivity index (χ1v) is 10.2. The van der Waals surface area contributed by atoms with E-state index in [-0.39, 0.29) is 36.7 Å². The van der Waals surface area contributed by atoms with Crippen molar-refractivity contribution in [2.45, 2.75) is 51.9 Å². The second-order valence-electron chi connectivity index (χ2n) is 7.28. The number of fused-ring (bicyclic) bond motifs is 3. The van der Waals surface area contributed by atoms with Crippen molar-refractivity contribution in [3.63, 3.8) is 0 Å². The number of ether oxygens (including phenoxy) is 1. The van der Waals surface area contributed by atoms with Crippen LogP contribution >= 0.6 is 11.3 Å². The van der Waals surface area contributed by atoms with E-state index in [1.165, 1.54) is 20.5 Å². The lowest BCUT2D eigenvalue weighted by molar-refractivity contribution is -0.122. The van der Waals surface area contributed by atoms with Crippen LogP contribution in [0.3, 0.4) is 0 Å². The Hall–Kier alpha value is -2.52. The van der Waals surface area contributed by atoms with E-state index >= 15 is 0 Å². The largest absolute Gasteiger partial charge is 0.376 e. The van der Waals surface area contributed by atoms with Gasteiger partial charge in [0.2, 0.25) is 5.91 Å². The number of amides is 1. The molecule has 1 atom stereocenters. The van der Waals surface area contributed by atoms with Gasteiger partial charge in [-0.15, -0.1) is 11.3 Å². The predicted octanol–water partition coefficient (Wildman–Crippen LogP) is 1.48. The van der Waals surface area contributed by atoms with Gasteiger partial charge >= 0.3 is 5.69 Å². The highest BCUT2D eigenvalue weighted by atomic mass is 32.1. The number of nitrogens with one attached hydrogen (secondary N) is 1. The Kier molecular flexibility index (Phi) is 5.03. The Morgan fingerprint density at radius 3 is 2.93 bits per heavy atom. The van der Waals surface area contributed by atoms with Crippen LogP contribution in [-0.2, 0) is 22.6 Å². The van der Waals surface area contributed by atoms with Crippen molar-refractivity contribution < 1.29 is 9.53 Å². The molecule has 0 aliphatic carbocycles. The molecule has 1 N–H and O–H groups in total. The molecule has 1 aliphatic rings. The molecule has 1 fully saturated rings. The van der Waals surface area contributed by atoms with Gasteiger partial charge in [0, 0.05) is 24.2 Å². The van der Waals surface area contributed by atoms with E-state index in [4.69, 9.17) is 4.74 Å². The van der Waals surface area contributed by atoms with Gasteiger partial charge in [-0.25, -0.2) is 9.78 Å². The Labute approximate surface area is 164 Å². The van der Waals surface area contributed by atoms with Crippen LogP contribution in [0, 0.1) is 0 Å². The van der Waals surface area contributed by atoms with Gasteiger partial charge in [0.1, 0.15) is 16.1 Å². The number of hydrogen-bond acceptors (Lipinski definition) is 6. The summed E-state index contributed by atoms with van der Waals surface area (Å²) in [7, 11) is 0. The minimum absolute atomic E-state index is 0.0441. The fourth-order valence-corrected chi connectivity index (χ4v) is 4.69. The Morgan fingerprint density at radius 1 is 1.39 bits per heavy atom. The summed E-state index contributed by atoms with van der Waals surface area (Å²) in [6, 6.07) is 3.54. The van der Waals surface area contributed by atoms with Gasteiger partial charge in [-0.2, -0.15) is 0 Å². The van der Waals surface area contributed by atoms with Gasteiger partial charge in [0.15, 0.2) is 0 Å². The second kappa shape index (κ2) is 7.48. The van der Waals surface area contributed by atoms with Crippen LogP contribution in [0.15, 0.2) is 27.9 Å². The van der Waals surface area contributed by atoms with Gasteiger partial charge in [0.05, 0.1) is 18.2 Å². The van der Waals surface area contributed by atoms with Crippen LogP contribution in [0.4, 0.5) is 0 Å². The SMILES string of the molecule is CC(C)NC(=O)Cn1c(=O)n(CC2CCCO2)c(=O)c2sc3ncccc3c21. The molecule has 0 spiro atoms. The Balaban J connectivity index is 1.93. The van der Waals surface area contributed by atoms with Crippen LogP contribution in [0.25, 0.3) is 20.4 Å². The molecule has 148 valence electrons. The molecule has 3 aromatic heterocycles. The molecule has 9 heteroatoms. The molecular weight excluding hydrogens is 380 g/mol. The van der Waals surface area contributed by atoms with Crippen molar-refractivity contribution in [2.75, 3.05) is 6.61 Å². The van der Waals surface area contributed by atoms with Crippen LogP contribution in [0.5, 0.6) is 0 Å². The van der Waals surface area contributed by atoms with Gasteiger partial charge in [0.25, 0.3) is 5.56 Å². The van der Waals surface area contributed by atoms with Gasteiger partial charge in [-0.1, -0.05) is 0 Å². The van der Waals surface area contributed by atoms with E-state index in [0.717, 1.165) is 12.8 Å². The number of rotatable bonds is 5. The zero-order chi connectivity index (χ0) is 19.8. The lowest BCUT2D eigenvalue weighted by Crippen LogP contribution is -2.44. The summed E-state index contributed by atoms with van der Waals surface area (Å²) in [6.07, 6.45) is 3.22. The topological polar surface area (TPSA) is 95.2 Å². The number of pyridine rings is 1. The number of carbonyl (C=O) groups is 1. The highest BCUT2D eigenvalue weighted by Gasteiger charge is 2.23. The number of hydrogen-bond donors (Lipinski definition) is 1. The molecule has 1 aliphatic heterocycles. The molecule has 4 heterocycles. The summed E-state index contributed by atoms with van der Waals surface area (Å²) in [5.74, 6) is -0.274. The van der Waals surface area contributed by atoms with E-state index in [9.17, 15) is 14.4 Å². The number of aromatic nitrogens is 3. The molecule has 0 bridgehead atoms. The second-order valence-corrected chi connectivity index (χ2v) is 8.28. The molecule has 1 amide bonds. The first-order chi connectivity index (χ1) is 13.5. The normalized spacial score (nSPS) is 17.0. The van der Waals surface area contributed by atoms with Crippen molar-refractivity contribution >= 4 is 37.7 Å². The van der Waals surface area contributed by atoms with Gasteiger partial charge < -0.3 is 10.1 Å². The average molecular weight is 402 g/mol. The van der Waals surface area contributed by atoms with E-state index in [2.05, 4.69) is 10.3 Å². The summed E-state index contributed by atoms with van der Waals surface area (Å²) >= 11 is 1.25. The third-order valence-electron chi connectivity index (χ3n) is 4.77. The molecule has 0 aromatic carbocycles. The number of nitrogens with zero attached hydrogens (tertiary/aromatic N) is 3. The molecule has 3 aromatic rings. The van der Waals surface area contributed by atoms with Crippen molar-refractivity contribution in [3.8, 4) is 0 Å². The van der Waals surface area contributed by atoms with E-state index in [0.29, 0.717) is 27.0 Å². The minimum Gasteiger partial charge on any atom is -0.376 e. The molecule has 4 rings (SSSR count). The maximum Gasteiger partial charge on any atom is 0.332 e. The molecule has 28 heavy (non-hydrogen) atoms. The predicted molar refractivity (Wildman–Crippen MR) is 108 cm³/mol. The van der Waals surface area contributed by atoms with Crippen LogP contribution in [0.1, 0.15) is 26.7 Å². The maximum absolute atomic E-state index is 13.2. The van der Waals surface area contributed by atoms with Gasteiger partial charge in [-0.05, 0) is 38.8 Å². The first-order valence-electron chi connectivity index (χ1n) is 9.37. The van der Waals surface area contributed by atoms with E-state index < -0.39 is 5.69 Å². The molecule has 8 nitrogen and oxygen atoms in total. The molecular formula is C19H22N4O4S. The fourth-order valence-electron chi connectivity index (χ4n) is 3.59. The van der Waals surface area contributed by atoms with Crippen LogP contribution < -0.4 is 16.6 Å². The summed E-state index contributed by atoms with van der Waals surface area (Å²) in [4.78, 5) is 43.7. The first kappa shape index (κ1) is 18.8. The molecule has 1 unspecified atom stereocenters. The van der Waals surface area contributed by atoms with Crippen molar-refractivity contribution in [1.29, 1.82) is 0 Å².